The highest BCUT2D eigenvalue weighted by molar-refractivity contribution is 5.99. The Kier molecular flexibility index (Phi) is 19.9. The van der Waals surface area contributed by atoms with E-state index in [1.165, 1.54) is 11.8 Å². The third-order valence-electron chi connectivity index (χ3n) is 13.0. The van der Waals surface area contributed by atoms with E-state index in [1.54, 1.807) is 64.0 Å². The molecule has 0 saturated heterocycles. The summed E-state index contributed by atoms with van der Waals surface area (Å²) in [6.07, 6.45) is 2.76. The lowest BCUT2D eigenvalue weighted by atomic mass is 9.76. The van der Waals surface area contributed by atoms with Crippen LogP contribution in [0.4, 0.5) is 11.4 Å². The Labute approximate surface area is 420 Å². The molecule has 3 aromatic carbocycles. The number of carbonyl (C=O) groups excluding carboxylic acids is 6. The van der Waals surface area contributed by atoms with E-state index in [-0.39, 0.29) is 48.0 Å². The van der Waals surface area contributed by atoms with Crippen molar-refractivity contribution in [2.75, 3.05) is 24.3 Å². The zero-order chi connectivity index (χ0) is 53.0. The van der Waals surface area contributed by atoms with Gasteiger partial charge in [0.1, 0.15) is 18.1 Å². The fourth-order valence-electron chi connectivity index (χ4n) is 8.59. The summed E-state index contributed by atoms with van der Waals surface area (Å²) in [4.78, 5) is 97.2. The summed E-state index contributed by atoms with van der Waals surface area (Å²) in [6, 6.07) is 18.1. The Balaban J connectivity index is 1.35. The van der Waals surface area contributed by atoms with E-state index in [9.17, 15) is 38.7 Å². The van der Waals surface area contributed by atoms with Gasteiger partial charge in [-0.2, -0.15) is 0 Å². The molecule has 0 fully saturated rings. The van der Waals surface area contributed by atoms with E-state index in [4.69, 9.17) is 0 Å². The van der Waals surface area contributed by atoms with Gasteiger partial charge in [-0.1, -0.05) is 123 Å². The predicted molar refractivity (Wildman–Crippen MR) is 278 cm³/mol. The molecule has 382 valence electrons. The molecule has 0 aromatic heterocycles. The number of nitrogens with zero attached hydrogens (tertiary/aromatic N) is 2. The fraction of sp³-hybridized carbons (Fsp3) is 0.482. The average Bonchev–Trinajstić information content (AvgIpc) is 3.30. The van der Waals surface area contributed by atoms with Gasteiger partial charge in [-0.15, -0.1) is 0 Å². The van der Waals surface area contributed by atoms with E-state index < -0.39 is 64.7 Å². The number of aliphatic carboxylic acids is 1. The molecule has 6 amide bonds. The van der Waals surface area contributed by atoms with E-state index in [0.717, 1.165) is 22.4 Å². The lowest BCUT2D eigenvalue weighted by Crippen LogP contribution is -2.61. The molecule has 6 N–H and O–H groups in total. The molecule has 71 heavy (non-hydrogen) atoms. The molecule has 0 bridgehead atoms. The number of para-hydroxylation sites is 1. The van der Waals surface area contributed by atoms with Crippen LogP contribution in [0.15, 0.2) is 84.4 Å². The molecule has 3 aromatic rings. The van der Waals surface area contributed by atoms with Gasteiger partial charge < -0.3 is 41.5 Å². The summed E-state index contributed by atoms with van der Waals surface area (Å²) in [5, 5.41) is 24.1. The molecule has 1 aliphatic heterocycles. The third kappa shape index (κ3) is 15.1. The maximum atomic E-state index is 14.2. The van der Waals surface area contributed by atoms with Crippen molar-refractivity contribution < 1.29 is 38.7 Å². The lowest BCUT2D eigenvalue weighted by molar-refractivity contribution is -0.141. The molecule has 1 heterocycles. The first-order valence-electron chi connectivity index (χ1n) is 24.4. The average molecular weight is 974 g/mol. The topological polar surface area (TPSA) is 206 Å². The summed E-state index contributed by atoms with van der Waals surface area (Å²) < 4.78 is 0. The minimum Gasteiger partial charge on any atom is -0.478 e. The largest absolute Gasteiger partial charge is 0.478 e. The number of amides is 6. The molecule has 15 heteroatoms. The number of carboxylic acid groups (broad SMARTS) is 1. The number of rotatable bonds is 21. The molecule has 0 radical (unpaired) electrons. The Bertz CT molecular complexity index is 2530. The van der Waals surface area contributed by atoms with Crippen LogP contribution in [0.1, 0.15) is 124 Å². The van der Waals surface area contributed by atoms with Crippen LogP contribution < -0.4 is 31.5 Å². The van der Waals surface area contributed by atoms with Crippen LogP contribution in [0, 0.1) is 29.1 Å². The predicted octanol–water partition coefficient (Wildman–Crippen LogP) is 6.69. The second kappa shape index (κ2) is 24.9. The summed E-state index contributed by atoms with van der Waals surface area (Å²) >= 11 is 0. The van der Waals surface area contributed by atoms with Crippen molar-refractivity contribution in [3.05, 3.63) is 107 Å². The molecule has 0 aliphatic carbocycles. The Morgan fingerprint density at radius 2 is 1.37 bits per heavy atom. The molecule has 1 aliphatic rings. The van der Waals surface area contributed by atoms with Crippen molar-refractivity contribution in [3.8, 4) is 11.8 Å². The number of hydrogen-bond acceptors (Lipinski definition) is 8. The molecular weight excluding hydrogens is 899 g/mol. The molecule has 0 spiro atoms. The number of carbonyl (C=O) groups is 7. The monoisotopic (exact) mass is 974 g/mol. The molecular formula is C56H75N7O8. The van der Waals surface area contributed by atoms with Crippen molar-refractivity contribution in [1.82, 2.24) is 26.2 Å². The second-order valence-corrected chi connectivity index (χ2v) is 20.8. The van der Waals surface area contributed by atoms with Gasteiger partial charge in [0.2, 0.25) is 35.4 Å². The Morgan fingerprint density at radius 3 is 1.99 bits per heavy atom. The minimum absolute atomic E-state index is 0.0753. The van der Waals surface area contributed by atoms with E-state index in [0.29, 0.717) is 30.6 Å². The van der Waals surface area contributed by atoms with Gasteiger partial charge in [-0.3, -0.25) is 28.8 Å². The van der Waals surface area contributed by atoms with Gasteiger partial charge in [0.15, 0.2) is 0 Å². The molecule has 0 saturated carbocycles. The van der Waals surface area contributed by atoms with Crippen LogP contribution >= 0.6 is 0 Å². The minimum atomic E-state index is -1.08. The van der Waals surface area contributed by atoms with Gasteiger partial charge in [-0.25, -0.2) is 4.79 Å². The number of hydrogen-bond donors (Lipinski definition) is 6. The lowest BCUT2D eigenvalue weighted by Gasteiger charge is -2.40. The maximum Gasteiger partial charge on any atom is 0.331 e. The Morgan fingerprint density at radius 1 is 0.746 bits per heavy atom. The number of fused-ring (bicyclic) bond motifs is 2. The summed E-state index contributed by atoms with van der Waals surface area (Å²) in [5.41, 5.74) is 2.96. The molecule has 15 nitrogen and oxygen atoms in total. The van der Waals surface area contributed by atoms with E-state index in [1.807, 2.05) is 103 Å². The molecule has 5 atom stereocenters. The van der Waals surface area contributed by atoms with Gasteiger partial charge in [0, 0.05) is 47.7 Å². The fourth-order valence-corrected chi connectivity index (χ4v) is 8.59. The smallest absolute Gasteiger partial charge is 0.331 e. The van der Waals surface area contributed by atoms with Gasteiger partial charge in [-0.05, 0) is 92.4 Å². The molecule has 4 rings (SSSR count). The first-order chi connectivity index (χ1) is 33.3. The highest BCUT2D eigenvalue weighted by atomic mass is 16.4. The molecule has 0 unspecified atom stereocenters. The van der Waals surface area contributed by atoms with Crippen molar-refractivity contribution in [1.29, 1.82) is 0 Å². The first-order valence-corrected chi connectivity index (χ1v) is 24.4. The number of carboxylic acids is 1. The highest BCUT2D eigenvalue weighted by Crippen LogP contribution is 2.31. The van der Waals surface area contributed by atoms with Crippen LogP contribution in [0.5, 0.6) is 0 Å². The number of benzene rings is 3. The Hall–Kier alpha value is -6.79. The summed E-state index contributed by atoms with van der Waals surface area (Å²) in [5.74, 6) is 2.70. The number of likely N-dealkylation sites (N-methyl/N-ethyl adjacent to an activating group) is 2. The van der Waals surface area contributed by atoms with E-state index >= 15 is 0 Å². The van der Waals surface area contributed by atoms with Gasteiger partial charge in [0.25, 0.3) is 0 Å². The van der Waals surface area contributed by atoms with Crippen LogP contribution in [0.2, 0.25) is 0 Å². The SMILES string of the molecule is CN[C@@H](C(=O)N[C@H](C(=O)N(C)[C@H](/C=C(\C)C(=O)O)C(C)C)C(C)(C)C)C(C)(C)c1cccc(NC(=O)[C@H](C)NC(=O)[C@@H](NC(=O)CCCCC(=O)N2Cc3ccccc3C#Cc3ccccc32)C(C)C)c1. The summed E-state index contributed by atoms with van der Waals surface area (Å²) in [6.45, 7) is 20.1. The number of anilines is 2. The third-order valence-corrected chi connectivity index (χ3v) is 13.0. The second-order valence-electron chi connectivity index (χ2n) is 20.8. The zero-order valence-electron chi connectivity index (χ0n) is 43.8. The standard InChI is InChI=1S/C56H75N7O8/c1-34(2)44(31-36(5)54(70)71)62(13)53(69)49(55(7,8)9)61-52(68)48(57-12)56(10,11)41-24-20-25-42(32-41)59-50(66)37(6)58-51(67)47(35(3)4)60-45(64)27-18-19-28-46(65)63-33-40-23-15-14-21-38(40)29-30-39-22-16-17-26-43(39)63/h14-17,20-26,31-32,34-35,37,44,47-49,57H,18-19,27-28,33H2,1-13H3,(H,58,67)(H,59,66)(H,60,64)(H,61,68)(H,70,71)/b36-31+/t37-,44+,47-,48-,49+/m0/s1. The first kappa shape index (κ1) is 56.8. The number of unbranched alkanes of at least 4 members (excludes halogenated alkanes) is 1. The van der Waals surface area contributed by atoms with Crippen molar-refractivity contribution in [2.45, 2.75) is 144 Å². The zero-order valence-corrected chi connectivity index (χ0v) is 43.8. The normalized spacial score (nSPS) is 14.7. The van der Waals surface area contributed by atoms with Crippen molar-refractivity contribution >= 4 is 52.8 Å². The van der Waals surface area contributed by atoms with Gasteiger partial charge >= 0.3 is 5.97 Å². The summed E-state index contributed by atoms with van der Waals surface area (Å²) in [7, 11) is 3.26. The van der Waals surface area contributed by atoms with Crippen LogP contribution in [-0.4, -0.2) is 95.7 Å². The quantitative estimate of drug-likeness (QED) is 0.0382. The van der Waals surface area contributed by atoms with Crippen molar-refractivity contribution in [3.63, 3.8) is 0 Å². The van der Waals surface area contributed by atoms with Gasteiger partial charge in [0.05, 0.1) is 24.3 Å². The highest BCUT2D eigenvalue weighted by Gasteiger charge is 2.42. The van der Waals surface area contributed by atoms with Crippen LogP contribution in [0.25, 0.3) is 0 Å². The van der Waals surface area contributed by atoms with Crippen molar-refractivity contribution in [2.24, 2.45) is 17.3 Å². The van der Waals surface area contributed by atoms with Crippen LogP contribution in [0.3, 0.4) is 0 Å². The number of nitrogens with one attached hydrogen (secondary N) is 5. The van der Waals surface area contributed by atoms with Crippen LogP contribution in [-0.2, 0) is 45.5 Å². The van der Waals surface area contributed by atoms with E-state index in [2.05, 4.69) is 38.4 Å². The maximum absolute atomic E-state index is 14.2.